The van der Waals surface area contributed by atoms with Crippen molar-refractivity contribution in [3.05, 3.63) is 59.7 Å². The minimum atomic E-state index is -0.00982. The number of aromatic nitrogens is 3. The quantitative estimate of drug-likeness (QED) is 0.742. The lowest BCUT2D eigenvalue weighted by Crippen LogP contribution is -2.13. The third-order valence-electron chi connectivity index (χ3n) is 3.93. The van der Waals surface area contributed by atoms with Gasteiger partial charge in [0.05, 0.1) is 0 Å². The number of amides is 1. The van der Waals surface area contributed by atoms with E-state index < -0.39 is 0 Å². The highest BCUT2D eigenvalue weighted by Gasteiger charge is 2.11. The van der Waals surface area contributed by atoms with Gasteiger partial charge in [-0.05, 0) is 43.5 Å². The summed E-state index contributed by atoms with van der Waals surface area (Å²) in [4.78, 5) is 20.5. The molecule has 0 unspecified atom stereocenters. The minimum Gasteiger partial charge on any atom is -0.339 e. The molecule has 0 spiro atoms. The molecular weight excluding hydrogens is 316 g/mol. The molecule has 128 valence electrons. The number of benzene rings is 1. The standard InChI is InChI=1S/C19H20N4O2/c1-13-6-3-7-14(2)18(13)21-16(24)9-4-10-17-22-19(23-25-17)15-8-5-11-20-12-15/h3,5-8,11-12H,4,9-10H2,1-2H3,(H,21,24). The van der Waals surface area contributed by atoms with Crippen molar-refractivity contribution in [2.45, 2.75) is 33.1 Å². The summed E-state index contributed by atoms with van der Waals surface area (Å²) < 4.78 is 5.24. The predicted molar refractivity (Wildman–Crippen MR) is 95.0 cm³/mol. The Kier molecular flexibility index (Phi) is 5.18. The molecule has 2 heterocycles. The fourth-order valence-electron chi connectivity index (χ4n) is 2.58. The SMILES string of the molecule is Cc1cccc(C)c1NC(=O)CCCc1nc(-c2cccnc2)no1. The fraction of sp³-hybridized carbons (Fsp3) is 0.263. The number of hydrogen-bond acceptors (Lipinski definition) is 5. The van der Waals surface area contributed by atoms with Crippen molar-refractivity contribution in [3.8, 4) is 11.4 Å². The molecule has 0 fully saturated rings. The van der Waals surface area contributed by atoms with E-state index >= 15 is 0 Å². The second-order valence-corrected chi connectivity index (χ2v) is 5.92. The Morgan fingerprint density at radius 1 is 1.16 bits per heavy atom. The van der Waals surface area contributed by atoms with Crippen LogP contribution in [0.1, 0.15) is 29.9 Å². The van der Waals surface area contributed by atoms with Crippen molar-refractivity contribution >= 4 is 11.6 Å². The lowest BCUT2D eigenvalue weighted by molar-refractivity contribution is -0.116. The van der Waals surface area contributed by atoms with E-state index in [2.05, 4.69) is 20.4 Å². The van der Waals surface area contributed by atoms with Gasteiger partial charge in [0.1, 0.15) is 0 Å². The van der Waals surface area contributed by atoms with Gasteiger partial charge in [0.2, 0.25) is 17.6 Å². The van der Waals surface area contributed by atoms with Crippen LogP contribution in [0.4, 0.5) is 5.69 Å². The third-order valence-corrected chi connectivity index (χ3v) is 3.93. The molecule has 3 aromatic rings. The molecular formula is C19H20N4O2. The first-order valence-corrected chi connectivity index (χ1v) is 8.22. The Balaban J connectivity index is 1.51. The lowest BCUT2D eigenvalue weighted by atomic mass is 10.1. The summed E-state index contributed by atoms with van der Waals surface area (Å²) >= 11 is 0. The number of anilines is 1. The zero-order valence-electron chi connectivity index (χ0n) is 14.3. The van der Waals surface area contributed by atoms with Crippen LogP contribution in [0.2, 0.25) is 0 Å². The van der Waals surface area contributed by atoms with E-state index in [0.29, 0.717) is 31.0 Å². The van der Waals surface area contributed by atoms with E-state index in [-0.39, 0.29) is 5.91 Å². The van der Waals surface area contributed by atoms with Crippen LogP contribution in [0.3, 0.4) is 0 Å². The van der Waals surface area contributed by atoms with Gasteiger partial charge in [0, 0.05) is 36.5 Å². The van der Waals surface area contributed by atoms with Gasteiger partial charge in [0.15, 0.2) is 0 Å². The lowest BCUT2D eigenvalue weighted by Gasteiger charge is -2.11. The van der Waals surface area contributed by atoms with Gasteiger partial charge in [-0.25, -0.2) is 0 Å². The van der Waals surface area contributed by atoms with E-state index in [1.807, 2.05) is 44.2 Å². The Bertz CT molecular complexity index is 839. The van der Waals surface area contributed by atoms with Gasteiger partial charge in [0.25, 0.3) is 0 Å². The van der Waals surface area contributed by atoms with Gasteiger partial charge in [-0.2, -0.15) is 4.98 Å². The molecule has 0 bridgehead atoms. The number of pyridine rings is 1. The number of carbonyl (C=O) groups excluding carboxylic acids is 1. The van der Waals surface area contributed by atoms with Crippen LogP contribution in [0, 0.1) is 13.8 Å². The maximum atomic E-state index is 12.1. The number of hydrogen-bond donors (Lipinski definition) is 1. The number of nitrogens with one attached hydrogen (secondary N) is 1. The summed E-state index contributed by atoms with van der Waals surface area (Å²) in [6.07, 6.45) is 4.99. The largest absolute Gasteiger partial charge is 0.339 e. The van der Waals surface area contributed by atoms with E-state index in [1.54, 1.807) is 12.4 Å². The first-order valence-electron chi connectivity index (χ1n) is 8.22. The number of rotatable bonds is 6. The van der Waals surface area contributed by atoms with Crippen LogP contribution >= 0.6 is 0 Å². The first kappa shape index (κ1) is 16.8. The molecule has 0 atom stereocenters. The summed E-state index contributed by atoms with van der Waals surface area (Å²) in [5.41, 5.74) is 3.83. The summed E-state index contributed by atoms with van der Waals surface area (Å²) in [6.45, 7) is 3.97. The van der Waals surface area contributed by atoms with Crippen LogP contribution in [0.5, 0.6) is 0 Å². The second kappa shape index (κ2) is 7.70. The molecule has 0 saturated carbocycles. The molecule has 0 radical (unpaired) electrons. The summed E-state index contributed by atoms with van der Waals surface area (Å²) in [6, 6.07) is 9.65. The monoisotopic (exact) mass is 336 g/mol. The fourth-order valence-corrected chi connectivity index (χ4v) is 2.58. The van der Waals surface area contributed by atoms with Crippen molar-refractivity contribution in [2.24, 2.45) is 0 Å². The maximum absolute atomic E-state index is 12.1. The van der Waals surface area contributed by atoms with Gasteiger partial charge >= 0.3 is 0 Å². The molecule has 1 aromatic carbocycles. The molecule has 6 heteroatoms. The molecule has 1 N–H and O–H groups in total. The first-order chi connectivity index (χ1) is 12.1. The molecule has 0 saturated heterocycles. The van der Waals surface area contributed by atoms with Gasteiger partial charge < -0.3 is 9.84 Å². The van der Waals surface area contributed by atoms with Crippen LogP contribution in [0.25, 0.3) is 11.4 Å². The number of nitrogens with zero attached hydrogens (tertiary/aromatic N) is 3. The Hall–Kier alpha value is -3.02. The highest BCUT2D eigenvalue weighted by Crippen LogP contribution is 2.20. The van der Waals surface area contributed by atoms with Crippen LogP contribution in [-0.4, -0.2) is 21.0 Å². The van der Waals surface area contributed by atoms with E-state index in [9.17, 15) is 4.79 Å². The van der Waals surface area contributed by atoms with Gasteiger partial charge in [-0.15, -0.1) is 0 Å². The predicted octanol–water partition coefficient (Wildman–Crippen LogP) is 3.71. The summed E-state index contributed by atoms with van der Waals surface area (Å²) in [5.74, 6) is 1.03. The van der Waals surface area contributed by atoms with Crippen molar-refractivity contribution < 1.29 is 9.32 Å². The molecule has 0 aliphatic carbocycles. The third kappa shape index (κ3) is 4.29. The van der Waals surface area contributed by atoms with Crippen LogP contribution < -0.4 is 5.32 Å². The number of carbonyl (C=O) groups is 1. The van der Waals surface area contributed by atoms with E-state index in [1.165, 1.54) is 0 Å². The molecule has 2 aromatic heterocycles. The van der Waals surface area contributed by atoms with Gasteiger partial charge in [-0.3, -0.25) is 9.78 Å². The topological polar surface area (TPSA) is 80.9 Å². The Morgan fingerprint density at radius 3 is 2.68 bits per heavy atom. The zero-order valence-corrected chi connectivity index (χ0v) is 14.3. The smallest absolute Gasteiger partial charge is 0.226 e. The summed E-state index contributed by atoms with van der Waals surface area (Å²) in [7, 11) is 0. The molecule has 25 heavy (non-hydrogen) atoms. The van der Waals surface area contributed by atoms with Crippen molar-refractivity contribution in [1.29, 1.82) is 0 Å². The van der Waals surface area contributed by atoms with Crippen LogP contribution in [0.15, 0.2) is 47.2 Å². The van der Waals surface area contributed by atoms with E-state index in [4.69, 9.17) is 4.52 Å². The molecule has 1 amide bonds. The van der Waals surface area contributed by atoms with Crippen molar-refractivity contribution in [1.82, 2.24) is 15.1 Å². The Labute approximate surface area is 146 Å². The van der Waals surface area contributed by atoms with Crippen molar-refractivity contribution in [3.63, 3.8) is 0 Å². The minimum absolute atomic E-state index is 0.00982. The maximum Gasteiger partial charge on any atom is 0.226 e. The number of aryl methyl sites for hydroxylation is 3. The second-order valence-electron chi connectivity index (χ2n) is 5.92. The molecule has 3 rings (SSSR count). The average Bonchev–Trinajstić information content (AvgIpc) is 3.08. The normalized spacial score (nSPS) is 10.6. The highest BCUT2D eigenvalue weighted by atomic mass is 16.5. The average molecular weight is 336 g/mol. The van der Waals surface area contributed by atoms with Crippen LogP contribution in [-0.2, 0) is 11.2 Å². The molecule has 0 aliphatic rings. The molecule has 0 aliphatic heterocycles. The van der Waals surface area contributed by atoms with Gasteiger partial charge in [-0.1, -0.05) is 23.4 Å². The Morgan fingerprint density at radius 2 is 1.96 bits per heavy atom. The molecule has 6 nitrogen and oxygen atoms in total. The van der Waals surface area contributed by atoms with Crippen molar-refractivity contribution in [2.75, 3.05) is 5.32 Å². The zero-order chi connectivity index (χ0) is 17.6. The highest BCUT2D eigenvalue weighted by molar-refractivity contribution is 5.92. The summed E-state index contributed by atoms with van der Waals surface area (Å²) in [5, 5.41) is 6.93. The number of para-hydroxylation sites is 1. The van der Waals surface area contributed by atoms with E-state index in [0.717, 1.165) is 22.4 Å².